The minimum absolute atomic E-state index is 0.0915. The van der Waals surface area contributed by atoms with E-state index in [1.54, 1.807) is 5.57 Å². The molecule has 0 saturated carbocycles. The lowest BCUT2D eigenvalue weighted by atomic mass is 10.1. The van der Waals surface area contributed by atoms with Crippen LogP contribution in [0.5, 0.6) is 0 Å². The van der Waals surface area contributed by atoms with Crippen LogP contribution in [-0.2, 0) is 0 Å². The smallest absolute Gasteiger partial charge is 0.119 e. The summed E-state index contributed by atoms with van der Waals surface area (Å²) in [5.74, 6) is 0. The highest BCUT2D eigenvalue weighted by Crippen LogP contribution is 2.11. The van der Waals surface area contributed by atoms with E-state index in [1.807, 2.05) is 0 Å². The topological polar surface area (TPSA) is 3.24 Å². The maximum absolute atomic E-state index is 2.60. The minimum Gasteiger partial charge on any atom is -0.326 e. The zero-order chi connectivity index (χ0) is 10.8. The van der Waals surface area contributed by atoms with Gasteiger partial charge < -0.3 is 4.57 Å². The van der Waals surface area contributed by atoms with Crippen LogP contribution in [0.15, 0.2) is 11.3 Å². The summed E-state index contributed by atoms with van der Waals surface area (Å²) >= 11 is 0. The largest absolute Gasteiger partial charge is 0.326 e. The van der Waals surface area contributed by atoms with E-state index in [0.717, 1.165) is 0 Å². The fourth-order valence-corrected chi connectivity index (χ4v) is 3.15. The van der Waals surface area contributed by atoms with Crippen LogP contribution in [0.3, 0.4) is 0 Å². The molecule has 0 aliphatic rings. The number of hydrogen-bond donors (Lipinski definition) is 0. The van der Waals surface area contributed by atoms with Crippen molar-refractivity contribution in [3.8, 4) is 0 Å². The third-order valence-electron chi connectivity index (χ3n) is 2.67. The van der Waals surface area contributed by atoms with Crippen molar-refractivity contribution in [2.45, 2.75) is 53.4 Å². The molecule has 0 unspecified atom stereocenters. The molecule has 1 nitrogen and oxygen atoms in total. The fraction of sp³-hybridized carbons (Fsp3) is 0.833. The number of allylic oxidation sites excluding steroid dienone is 1. The van der Waals surface area contributed by atoms with E-state index in [9.17, 15) is 0 Å². The highest BCUT2D eigenvalue weighted by Gasteiger charge is 1.99. The third-order valence-corrected chi connectivity index (χ3v) is 4.85. The van der Waals surface area contributed by atoms with E-state index < -0.39 is 0 Å². The first-order chi connectivity index (χ1) is 6.78. The van der Waals surface area contributed by atoms with E-state index in [-0.39, 0.29) is 9.68 Å². The Bertz CT molecular complexity index is 142. The third kappa shape index (κ3) is 6.38. The van der Waals surface area contributed by atoms with Gasteiger partial charge >= 0.3 is 0 Å². The van der Waals surface area contributed by atoms with Crippen LogP contribution in [0, 0.1) is 0 Å². The quantitative estimate of drug-likeness (QED) is 0.560. The van der Waals surface area contributed by atoms with Crippen LogP contribution in [0.4, 0.5) is 0 Å². The van der Waals surface area contributed by atoms with Crippen LogP contribution >= 0.6 is 0 Å². The summed E-state index contributed by atoms with van der Waals surface area (Å²) in [4.78, 5) is 0. The molecule has 0 aliphatic carbocycles. The maximum Gasteiger partial charge on any atom is 0.119 e. The lowest BCUT2D eigenvalue weighted by Crippen LogP contribution is -2.26. The molecular formula is C12H27NSi. The van der Waals surface area contributed by atoms with Gasteiger partial charge in [0.25, 0.3) is 0 Å². The second-order valence-corrected chi connectivity index (χ2v) is 5.52. The first-order valence-corrected chi connectivity index (χ1v) is 7.63. The SMILES string of the molecule is CCCC(=C[SiH2]N(CC)CC)CCC. The summed E-state index contributed by atoms with van der Waals surface area (Å²) in [5, 5.41) is 0. The number of hydrogen-bond acceptors (Lipinski definition) is 1. The summed E-state index contributed by atoms with van der Waals surface area (Å²) in [5.41, 5.74) is 4.30. The Morgan fingerprint density at radius 2 is 1.50 bits per heavy atom. The summed E-state index contributed by atoms with van der Waals surface area (Å²) in [6, 6.07) is 0. The number of rotatable bonds is 8. The molecule has 0 atom stereocenters. The maximum atomic E-state index is 2.60. The van der Waals surface area contributed by atoms with Crippen molar-refractivity contribution in [3.05, 3.63) is 11.3 Å². The van der Waals surface area contributed by atoms with E-state index in [2.05, 4.69) is 38.0 Å². The molecule has 0 radical (unpaired) electrons. The molecule has 0 bridgehead atoms. The Hall–Kier alpha value is -0.0831. The van der Waals surface area contributed by atoms with E-state index >= 15 is 0 Å². The molecule has 2 heteroatoms. The van der Waals surface area contributed by atoms with Gasteiger partial charge in [-0.15, -0.1) is 0 Å². The average molecular weight is 213 g/mol. The van der Waals surface area contributed by atoms with Crippen molar-refractivity contribution in [3.63, 3.8) is 0 Å². The Labute approximate surface area is 92.5 Å². The fourth-order valence-electron chi connectivity index (χ4n) is 1.71. The Morgan fingerprint density at radius 3 is 1.86 bits per heavy atom. The second-order valence-electron chi connectivity index (χ2n) is 3.85. The Morgan fingerprint density at radius 1 is 1.00 bits per heavy atom. The monoisotopic (exact) mass is 213 g/mol. The predicted molar refractivity (Wildman–Crippen MR) is 69.4 cm³/mol. The molecule has 0 heterocycles. The van der Waals surface area contributed by atoms with Crippen molar-refractivity contribution in [1.29, 1.82) is 0 Å². The number of nitrogens with zero attached hydrogens (tertiary/aromatic N) is 1. The molecule has 0 N–H and O–H groups in total. The summed E-state index contributed by atoms with van der Waals surface area (Å²) in [6.45, 7) is 11.5. The molecular weight excluding hydrogens is 186 g/mol. The van der Waals surface area contributed by atoms with Crippen LogP contribution in [0.1, 0.15) is 53.4 Å². The summed E-state index contributed by atoms with van der Waals surface area (Å²) in [6.07, 6.45) is 5.25. The molecule has 0 aliphatic heterocycles. The van der Waals surface area contributed by atoms with E-state index in [4.69, 9.17) is 0 Å². The van der Waals surface area contributed by atoms with Crippen molar-refractivity contribution in [2.75, 3.05) is 13.1 Å². The summed E-state index contributed by atoms with van der Waals surface area (Å²) < 4.78 is 2.60. The van der Waals surface area contributed by atoms with Crippen molar-refractivity contribution >= 4 is 9.68 Å². The van der Waals surface area contributed by atoms with Gasteiger partial charge in [0, 0.05) is 0 Å². The molecule has 0 spiro atoms. The normalized spacial score (nSPS) is 11.5. The molecule has 0 fully saturated rings. The van der Waals surface area contributed by atoms with Crippen LogP contribution in [0.25, 0.3) is 0 Å². The molecule has 0 rings (SSSR count). The predicted octanol–water partition coefficient (Wildman–Crippen LogP) is 2.90. The standard InChI is InChI=1S/C12H27NSi/c1-5-9-12(10-6-2)11-14-13(7-3)8-4/h11H,5-10,14H2,1-4H3. The van der Waals surface area contributed by atoms with Gasteiger partial charge in [0.2, 0.25) is 0 Å². The van der Waals surface area contributed by atoms with Gasteiger partial charge in [-0.1, -0.05) is 51.8 Å². The highest BCUT2D eigenvalue weighted by atomic mass is 28.2. The summed E-state index contributed by atoms with van der Waals surface area (Å²) in [7, 11) is -0.0915. The van der Waals surface area contributed by atoms with E-state index in [0.29, 0.717) is 0 Å². The first kappa shape index (κ1) is 13.9. The molecule has 0 aromatic heterocycles. The van der Waals surface area contributed by atoms with Gasteiger partial charge in [0.05, 0.1) is 0 Å². The molecule has 84 valence electrons. The van der Waals surface area contributed by atoms with Crippen LogP contribution in [-0.4, -0.2) is 27.3 Å². The van der Waals surface area contributed by atoms with Gasteiger partial charge in [-0.25, -0.2) is 0 Å². The average Bonchev–Trinajstić information content (AvgIpc) is 2.20. The van der Waals surface area contributed by atoms with Crippen LogP contribution in [0.2, 0.25) is 0 Å². The van der Waals surface area contributed by atoms with Gasteiger partial charge in [-0.05, 0) is 25.9 Å². The van der Waals surface area contributed by atoms with Crippen LogP contribution < -0.4 is 0 Å². The Balaban J connectivity index is 3.98. The van der Waals surface area contributed by atoms with Crippen molar-refractivity contribution < 1.29 is 0 Å². The minimum atomic E-state index is -0.0915. The molecule has 14 heavy (non-hydrogen) atoms. The lowest BCUT2D eigenvalue weighted by molar-refractivity contribution is 0.497. The highest BCUT2D eigenvalue weighted by molar-refractivity contribution is 6.38. The lowest BCUT2D eigenvalue weighted by Gasteiger charge is -2.16. The van der Waals surface area contributed by atoms with E-state index in [1.165, 1.54) is 38.8 Å². The Kier molecular flexibility index (Phi) is 9.41. The molecule has 0 aromatic rings. The van der Waals surface area contributed by atoms with Gasteiger partial charge in [-0.3, -0.25) is 0 Å². The molecule has 0 amide bonds. The van der Waals surface area contributed by atoms with Crippen molar-refractivity contribution in [2.24, 2.45) is 0 Å². The van der Waals surface area contributed by atoms with Gasteiger partial charge in [-0.2, -0.15) is 0 Å². The zero-order valence-corrected chi connectivity index (χ0v) is 11.9. The zero-order valence-electron chi connectivity index (χ0n) is 10.5. The van der Waals surface area contributed by atoms with Gasteiger partial charge in [0.15, 0.2) is 0 Å². The molecule has 0 aromatic carbocycles. The molecule has 0 saturated heterocycles. The first-order valence-electron chi connectivity index (χ1n) is 6.18. The van der Waals surface area contributed by atoms with Crippen molar-refractivity contribution in [1.82, 2.24) is 4.57 Å². The van der Waals surface area contributed by atoms with Gasteiger partial charge in [0.1, 0.15) is 9.68 Å². The second kappa shape index (κ2) is 9.47.